The summed E-state index contributed by atoms with van der Waals surface area (Å²) in [4.78, 5) is 19.8. The van der Waals surface area contributed by atoms with Crippen LogP contribution in [-0.2, 0) is 11.3 Å². The number of carbonyl (C=O) groups excluding carboxylic acids is 1. The zero-order valence-corrected chi connectivity index (χ0v) is 18.5. The molecule has 5 rings (SSSR count). The zero-order chi connectivity index (χ0) is 22.1. The largest absolute Gasteiger partial charge is 0.494 e. The lowest BCUT2D eigenvalue weighted by Gasteiger charge is -2.18. The van der Waals surface area contributed by atoms with Crippen LogP contribution in [0, 0.1) is 6.92 Å². The Morgan fingerprint density at radius 3 is 2.62 bits per heavy atom. The molecule has 162 valence electrons. The third-order valence-electron chi connectivity index (χ3n) is 6.06. The monoisotopic (exact) mass is 425 g/mol. The highest BCUT2D eigenvalue weighted by atomic mass is 16.5. The Labute approximate surface area is 188 Å². The van der Waals surface area contributed by atoms with E-state index in [4.69, 9.17) is 9.72 Å². The summed E-state index contributed by atoms with van der Waals surface area (Å²) in [5, 5.41) is 0. The van der Waals surface area contributed by atoms with Gasteiger partial charge in [-0.25, -0.2) is 4.98 Å². The number of anilines is 1. The number of aryl methyl sites for hydroxylation is 1. The lowest BCUT2D eigenvalue weighted by molar-refractivity contribution is -0.117. The fourth-order valence-electron chi connectivity index (χ4n) is 4.58. The van der Waals surface area contributed by atoms with Gasteiger partial charge in [-0.3, -0.25) is 4.79 Å². The van der Waals surface area contributed by atoms with Gasteiger partial charge < -0.3 is 14.2 Å². The van der Waals surface area contributed by atoms with Crippen LogP contribution in [0.25, 0.3) is 11.0 Å². The smallest absolute Gasteiger partial charge is 0.227 e. The van der Waals surface area contributed by atoms with E-state index in [1.165, 1.54) is 11.1 Å². The van der Waals surface area contributed by atoms with Gasteiger partial charge in [-0.2, -0.15) is 0 Å². The normalized spacial score (nSPS) is 16.1. The average Bonchev–Trinajstić information content (AvgIpc) is 3.35. The average molecular weight is 426 g/mol. The highest BCUT2D eigenvalue weighted by Gasteiger charge is 2.34. The zero-order valence-electron chi connectivity index (χ0n) is 18.5. The van der Waals surface area contributed by atoms with Crippen LogP contribution in [0.4, 0.5) is 5.69 Å². The first-order valence-electron chi connectivity index (χ1n) is 11.2. The number of nitrogens with zero attached hydrogens (tertiary/aromatic N) is 3. The molecule has 1 fully saturated rings. The minimum Gasteiger partial charge on any atom is -0.494 e. The molecule has 5 nitrogen and oxygen atoms in total. The number of fused-ring (bicyclic) bond motifs is 1. The number of hydrogen-bond acceptors (Lipinski definition) is 3. The molecule has 0 bridgehead atoms. The van der Waals surface area contributed by atoms with E-state index >= 15 is 0 Å². The molecule has 1 atom stereocenters. The van der Waals surface area contributed by atoms with E-state index in [1.54, 1.807) is 0 Å². The Kier molecular flexibility index (Phi) is 5.39. The molecule has 1 amide bonds. The fraction of sp³-hybridized carbons (Fsp3) is 0.259. The highest BCUT2D eigenvalue weighted by Crippen LogP contribution is 2.34. The molecule has 1 aromatic heterocycles. The molecule has 1 aliphatic heterocycles. The Hall–Kier alpha value is -3.60. The van der Waals surface area contributed by atoms with E-state index < -0.39 is 0 Å². The van der Waals surface area contributed by atoms with E-state index in [9.17, 15) is 4.79 Å². The Morgan fingerprint density at radius 1 is 1.03 bits per heavy atom. The minimum absolute atomic E-state index is 0.0475. The second kappa shape index (κ2) is 8.50. The number of imidazole rings is 1. The lowest BCUT2D eigenvalue weighted by Crippen LogP contribution is -2.24. The maximum Gasteiger partial charge on any atom is 0.227 e. The van der Waals surface area contributed by atoms with Gasteiger partial charge in [-0.15, -0.1) is 0 Å². The van der Waals surface area contributed by atoms with Crippen LogP contribution >= 0.6 is 0 Å². The molecule has 0 spiro atoms. The molecule has 3 aromatic carbocycles. The summed E-state index contributed by atoms with van der Waals surface area (Å²) in [6, 6.07) is 24.6. The molecule has 32 heavy (non-hydrogen) atoms. The van der Waals surface area contributed by atoms with Gasteiger partial charge in [0.15, 0.2) is 0 Å². The number of para-hydroxylation sites is 2. The number of hydrogen-bond donors (Lipinski definition) is 0. The van der Waals surface area contributed by atoms with Gasteiger partial charge in [0, 0.05) is 31.1 Å². The number of carbonyl (C=O) groups is 1. The summed E-state index contributed by atoms with van der Waals surface area (Å²) in [5.41, 5.74) is 5.47. The summed E-state index contributed by atoms with van der Waals surface area (Å²) < 4.78 is 7.82. The van der Waals surface area contributed by atoms with Crippen LogP contribution in [0.5, 0.6) is 5.75 Å². The molecule has 0 radical (unpaired) electrons. The molecule has 1 saturated heterocycles. The first-order chi connectivity index (χ1) is 15.6. The van der Waals surface area contributed by atoms with E-state index in [-0.39, 0.29) is 11.8 Å². The van der Waals surface area contributed by atoms with Crippen molar-refractivity contribution in [3.63, 3.8) is 0 Å². The first-order valence-corrected chi connectivity index (χ1v) is 11.2. The van der Waals surface area contributed by atoms with Crippen LogP contribution in [0.1, 0.15) is 36.2 Å². The predicted molar refractivity (Wildman–Crippen MR) is 127 cm³/mol. The quantitative estimate of drug-likeness (QED) is 0.420. The van der Waals surface area contributed by atoms with E-state index in [1.807, 2.05) is 54.3 Å². The van der Waals surface area contributed by atoms with Crippen molar-refractivity contribution in [2.75, 3.05) is 18.1 Å². The molecule has 0 unspecified atom stereocenters. The molecular formula is C27H27N3O2. The Balaban J connectivity index is 1.47. The summed E-state index contributed by atoms with van der Waals surface area (Å²) in [5.74, 6) is 1.98. The minimum atomic E-state index is 0.0475. The van der Waals surface area contributed by atoms with Gasteiger partial charge >= 0.3 is 0 Å². The molecular weight excluding hydrogens is 398 g/mol. The topological polar surface area (TPSA) is 47.4 Å². The SMILES string of the molecule is CCOc1ccc(N2C[C@@H](c3nc4ccccc4n3Cc3cccc(C)c3)CC2=O)cc1. The Bertz CT molecular complexity index is 1260. The lowest BCUT2D eigenvalue weighted by atomic mass is 10.1. The molecule has 1 aliphatic rings. The third kappa shape index (κ3) is 3.86. The van der Waals surface area contributed by atoms with E-state index in [2.05, 4.69) is 41.8 Å². The van der Waals surface area contributed by atoms with Crippen LogP contribution in [0.2, 0.25) is 0 Å². The summed E-state index contributed by atoms with van der Waals surface area (Å²) in [6.07, 6.45) is 0.463. The predicted octanol–water partition coefficient (Wildman–Crippen LogP) is 5.31. The van der Waals surface area contributed by atoms with Crippen molar-refractivity contribution in [1.82, 2.24) is 9.55 Å². The van der Waals surface area contributed by atoms with Crippen molar-refractivity contribution in [3.8, 4) is 5.75 Å². The van der Waals surface area contributed by atoms with E-state index in [0.717, 1.165) is 34.8 Å². The summed E-state index contributed by atoms with van der Waals surface area (Å²) in [6.45, 7) is 6.07. The van der Waals surface area contributed by atoms with Gasteiger partial charge in [0.1, 0.15) is 11.6 Å². The van der Waals surface area contributed by atoms with Crippen LogP contribution in [0.15, 0.2) is 72.8 Å². The molecule has 0 aliphatic carbocycles. The van der Waals surface area contributed by atoms with Gasteiger partial charge in [-0.05, 0) is 55.8 Å². The van der Waals surface area contributed by atoms with Crippen molar-refractivity contribution in [2.45, 2.75) is 32.7 Å². The molecule has 0 saturated carbocycles. The maximum absolute atomic E-state index is 13.0. The Morgan fingerprint density at radius 2 is 1.84 bits per heavy atom. The second-order valence-corrected chi connectivity index (χ2v) is 8.37. The van der Waals surface area contributed by atoms with Crippen LogP contribution < -0.4 is 9.64 Å². The van der Waals surface area contributed by atoms with Gasteiger partial charge in [0.05, 0.1) is 17.6 Å². The van der Waals surface area contributed by atoms with Crippen molar-refractivity contribution < 1.29 is 9.53 Å². The number of ether oxygens (including phenoxy) is 1. The van der Waals surface area contributed by atoms with E-state index in [0.29, 0.717) is 19.6 Å². The van der Waals surface area contributed by atoms with Crippen LogP contribution in [0.3, 0.4) is 0 Å². The number of rotatable bonds is 6. The van der Waals surface area contributed by atoms with Crippen LogP contribution in [-0.4, -0.2) is 28.6 Å². The van der Waals surface area contributed by atoms with Gasteiger partial charge in [-0.1, -0.05) is 42.0 Å². The maximum atomic E-state index is 13.0. The summed E-state index contributed by atoms with van der Waals surface area (Å²) in [7, 11) is 0. The highest BCUT2D eigenvalue weighted by molar-refractivity contribution is 5.96. The third-order valence-corrected chi connectivity index (χ3v) is 6.06. The van der Waals surface area contributed by atoms with Gasteiger partial charge in [0.2, 0.25) is 5.91 Å². The van der Waals surface area contributed by atoms with Crippen molar-refractivity contribution in [2.24, 2.45) is 0 Å². The molecule has 0 N–H and O–H groups in total. The fourth-order valence-corrected chi connectivity index (χ4v) is 4.58. The molecule has 4 aromatic rings. The number of benzene rings is 3. The van der Waals surface area contributed by atoms with Crippen molar-refractivity contribution in [3.05, 3.63) is 89.7 Å². The molecule has 5 heteroatoms. The van der Waals surface area contributed by atoms with Crippen molar-refractivity contribution >= 4 is 22.6 Å². The number of aromatic nitrogens is 2. The number of amides is 1. The second-order valence-electron chi connectivity index (χ2n) is 8.37. The standard InChI is InChI=1S/C27H27N3O2/c1-3-32-23-13-11-22(12-14-23)29-18-21(16-26(29)31)27-28-24-9-4-5-10-25(24)30(27)17-20-8-6-7-19(2)15-20/h4-15,21H,3,16-18H2,1-2H3/t21-/m0/s1. The van der Waals surface area contributed by atoms with Gasteiger partial charge in [0.25, 0.3) is 0 Å². The summed E-state index contributed by atoms with van der Waals surface area (Å²) >= 11 is 0. The van der Waals surface area contributed by atoms with Crippen molar-refractivity contribution in [1.29, 1.82) is 0 Å². The molecule has 2 heterocycles. The first kappa shape index (κ1) is 20.3.